The summed E-state index contributed by atoms with van der Waals surface area (Å²) in [6.07, 6.45) is 0. The smallest absolute Gasteiger partial charge is 0.0631 e. The van der Waals surface area contributed by atoms with Gasteiger partial charge in [-0.25, -0.2) is 0 Å². The van der Waals surface area contributed by atoms with Crippen molar-refractivity contribution >= 4 is 52.3 Å². The van der Waals surface area contributed by atoms with Gasteiger partial charge in [-0.2, -0.15) is 0 Å². The average molecular weight is 443 g/mol. The fourth-order valence-corrected chi connectivity index (χ4v) is 5.45. The van der Waals surface area contributed by atoms with Crippen molar-refractivity contribution in [2.24, 2.45) is 0 Å². The lowest BCUT2D eigenvalue weighted by atomic mass is 9.78. The normalized spacial score (nSPS) is 21.6. The number of halogens is 3. The second kappa shape index (κ2) is 5.19. The molecule has 0 amide bonds. The molecular formula is C16H11Br3. The second-order valence-corrected chi connectivity index (χ2v) is 6.73. The van der Waals surface area contributed by atoms with Crippen LogP contribution in [0.2, 0.25) is 0 Å². The lowest BCUT2D eigenvalue weighted by Gasteiger charge is -2.30. The number of hydrogen-bond acceptors (Lipinski definition) is 0. The Balaban J connectivity index is 2.34. The standard InChI is InChI=1S/C16H11Br3/c17-10-16(11-6-2-1-3-7-11)13-9-5-4-8-12(13)14(18)15(16)19/h1-9H,10H2. The monoisotopic (exact) mass is 440 g/mol. The van der Waals surface area contributed by atoms with E-state index in [1.54, 1.807) is 0 Å². The van der Waals surface area contributed by atoms with Gasteiger partial charge in [-0.1, -0.05) is 86.5 Å². The lowest BCUT2D eigenvalue weighted by Crippen LogP contribution is -2.28. The molecule has 1 atom stereocenters. The molecule has 1 aliphatic rings. The summed E-state index contributed by atoms with van der Waals surface area (Å²) in [5.41, 5.74) is 3.74. The average Bonchev–Trinajstić information content (AvgIpc) is 2.70. The van der Waals surface area contributed by atoms with E-state index < -0.39 is 0 Å². The van der Waals surface area contributed by atoms with Gasteiger partial charge in [0.15, 0.2) is 0 Å². The lowest BCUT2D eigenvalue weighted by molar-refractivity contribution is 0.749. The van der Waals surface area contributed by atoms with Crippen molar-refractivity contribution in [3.05, 3.63) is 75.8 Å². The molecule has 1 unspecified atom stereocenters. The Hall–Kier alpha value is -0.380. The van der Waals surface area contributed by atoms with E-state index in [4.69, 9.17) is 0 Å². The van der Waals surface area contributed by atoms with Crippen LogP contribution in [0, 0.1) is 0 Å². The van der Waals surface area contributed by atoms with Gasteiger partial charge in [-0.3, -0.25) is 0 Å². The summed E-state index contributed by atoms with van der Waals surface area (Å²) in [5.74, 6) is 0. The topological polar surface area (TPSA) is 0 Å². The number of hydrogen-bond donors (Lipinski definition) is 0. The Morgan fingerprint density at radius 2 is 1.47 bits per heavy atom. The van der Waals surface area contributed by atoms with Crippen LogP contribution >= 0.6 is 47.8 Å². The van der Waals surface area contributed by atoms with Crippen LogP contribution < -0.4 is 0 Å². The highest BCUT2D eigenvalue weighted by molar-refractivity contribution is 9.16. The van der Waals surface area contributed by atoms with Gasteiger partial charge in [0.25, 0.3) is 0 Å². The van der Waals surface area contributed by atoms with Crippen molar-refractivity contribution in [2.45, 2.75) is 5.41 Å². The zero-order valence-corrected chi connectivity index (χ0v) is 14.8. The van der Waals surface area contributed by atoms with Crippen molar-refractivity contribution in [3.8, 4) is 0 Å². The van der Waals surface area contributed by atoms with E-state index in [0.717, 1.165) is 9.81 Å². The minimum Gasteiger partial charge on any atom is -0.0911 e. The highest BCUT2D eigenvalue weighted by Crippen LogP contribution is 2.55. The molecule has 2 aromatic rings. The van der Waals surface area contributed by atoms with Gasteiger partial charge in [0, 0.05) is 14.3 Å². The van der Waals surface area contributed by atoms with Crippen molar-refractivity contribution in [1.82, 2.24) is 0 Å². The van der Waals surface area contributed by atoms with E-state index in [-0.39, 0.29) is 5.41 Å². The summed E-state index contributed by atoms with van der Waals surface area (Å²) in [6.45, 7) is 0. The van der Waals surface area contributed by atoms with Crippen LogP contribution in [0.4, 0.5) is 0 Å². The Labute approximate surface area is 138 Å². The largest absolute Gasteiger partial charge is 0.0911 e. The number of benzene rings is 2. The predicted octanol–water partition coefficient (Wildman–Crippen LogP) is 5.84. The first-order chi connectivity index (χ1) is 9.21. The summed E-state index contributed by atoms with van der Waals surface area (Å²) in [6, 6.07) is 19.2. The molecule has 0 saturated heterocycles. The molecule has 19 heavy (non-hydrogen) atoms. The van der Waals surface area contributed by atoms with Gasteiger partial charge in [0.05, 0.1) is 5.41 Å². The van der Waals surface area contributed by atoms with E-state index in [0.29, 0.717) is 0 Å². The fourth-order valence-electron chi connectivity index (χ4n) is 2.68. The molecule has 2 aromatic carbocycles. The Morgan fingerprint density at radius 1 is 0.842 bits per heavy atom. The van der Waals surface area contributed by atoms with Gasteiger partial charge in [-0.15, -0.1) is 0 Å². The maximum Gasteiger partial charge on any atom is 0.0631 e. The van der Waals surface area contributed by atoms with Gasteiger partial charge in [0.2, 0.25) is 0 Å². The maximum absolute atomic E-state index is 3.81. The molecule has 3 heteroatoms. The van der Waals surface area contributed by atoms with Gasteiger partial charge >= 0.3 is 0 Å². The highest BCUT2D eigenvalue weighted by atomic mass is 79.9. The predicted molar refractivity (Wildman–Crippen MR) is 92.2 cm³/mol. The van der Waals surface area contributed by atoms with Crippen LogP contribution in [0.25, 0.3) is 4.48 Å². The Morgan fingerprint density at radius 3 is 2.16 bits per heavy atom. The summed E-state index contributed by atoms with van der Waals surface area (Å²) < 4.78 is 2.33. The fraction of sp³-hybridized carbons (Fsp3) is 0.125. The molecule has 0 radical (unpaired) electrons. The van der Waals surface area contributed by atoms with Crippen molar-refractivity contribution in [1.29, 1.82) is 0 Å². The first kappa shape index (κ1) is 13.6. The molecule has 0 saturated carbocycles. The minimum atomic E-state index is -0.142. The van der Waals surface area contributed by atoms with Crippen LogP contribution in [0.1, 0.15) is 16.7 Å². The number of alkyl halides is 1. The molecule has 96 valence electrons. The molecule has 0 aromatic heterocycles. The third kappa shape index (κ3) is 1.90. The molecule has 0 aliphatic heterocycles. The first-order valence-corrected chi connectivity index (χ1v) is 8.69. The van der Waals surface area contributed by atoms with Crippen LogP contribution in [-0.4, -0.2) is 5.33 Å². The van der Waals surface area contributed by atoms with Crippen molar-refractivity contribution < 1.29 is 0 Å². The second-order valence-electron chi connectivity index (χ2n) is 4.58. The van der Waals surface area contributed by atoms with E-state index in [1.807, 2.05) is 0 Å². The number of rotatable bonds is 2. The quantitative estimate of drug-likeness (QED) is 0.512. The molecule has 1 aliphatic carbocycles. The molecule has 0 fully saturated rings. The summed E-state index contributed by atoms with van der Waals surface area (Å²) >= 11 is 11.3. The molecule has 0 heterocycles. The van der Waals surface area contributed by atoms with E-state index in [9.17, 15) is 0 Å². The van der Waals surface area contributed by atoms with E-state index in [1.165, 1.54) is 21.2 Å². The van der Waals surface area contributed by atoms with Gasteiger partial charge in [0.1, 0.15) is 0 Å². The zero-order valence-electron chi connectivity index (χ0n) is 10.0. The summed E-state index contributed by atoms with van der Waals surface area (Å²) in [5, 5.41) is 0.844. The maximum atomic E-state index is 3.81. The van der Waals surface area contributed by atoms with Gasteiger partial charge < -0.3 is 0 Å². The zero-order chi connectivity index (χ0) is 13.5. The first-order valence-electron chi connectivity index (χ1n) is 5.99. The van der Waals surface area contributed by atoms with Gasteiger partial charge in [-0.05, 0) is 32.6 Å². The molecule has 3 rings (SSSR count). The molecule has 0 N–H and O–H groups in total. The van der Waals surface area contributed by atoms with Crippen LogP contribution in [0.5, 0.6) is 0 Å². The van der Waals surface area contributed by atoms with Crippen LogP contribution in [-0.2, 0) is 5.41 Å². The third-order valence-electron chi connectivity index (χ3n) is 3.66. The number of fused-ring (bicyclic) bond motifs is 1. The molecule has 0 bridgehead atoms. The summed E-state index contributed by atoms with van der Waals surface area (Å²) in [4.78, 5) is 0. The number of allylic oxidation sites excluding steroid dienone is 1. The van der Waals surface area contributed by atoms with Crippen molar-refractivity contribution in [3.63, 3.8) is 0 Å². The Kier molecular flexibility index (Phi) is 3.71. The van der Waals surface area contributed by atoms with Crippen LogP contribution in [0.15, 0.2) is 59.1 Å². The SMILES string of the molecule is BrCC1(c2ccccc2)C(Br)=C(Br)c2ccccc21. The third-order valence-corrected chi connectivity index (χ3v) is 6.93. The Bertz CT molecular complexity index is 646. The molecular weight excluding hydrogens is 432 g/mol. The minimum absolute atomic E-state index is 0.142. The molecule has 0 spiro atoms. The molecule has 0 nitrogen and oxygen atoms in total. The highest BCUT2D eigenvalue weighted by Gasteiger charge is 2.44. The van der Waals surface area contributed by atoms with Crippen molar-refractivity contribution in [2.75, 3.05) is 5.33 Å². The summed E-state index contributed by atoms with van der Waals surface area (Å²) in [7, 11) is 0. The van der Waals surface area contributed by atoms with E-state index >= 15 is 0 Å². The van der Waals surface area contributed by atoms with Crippen LogP contribution in [0.3, 0.4) is 0 Å². The van der Waals surface area contributed by atoms with E-state index in [2.05, 4.69) is 102 Å².